The number of rotatable bonds is 3. The number of hydrogen-bond donors (Lipinski definition) is 2. The van der Waals surface area contributed by atoms with Gasteiger partial charge in [0.1, 0.15) is 17.8 Å². The Morgan fingerprint density at radius 1 is 1.11 bits per heavy atom. The molecule has 0 bridgehead atoms. The molecule has 1 atom stereocenters. The second-order valence-corrected chi connectivity index (χ2v) is 9.42. The molecule has 6 nitrogen and oxygen atoms in total. The van der Waals surface area contributed by atoms with Gasteiger partial charge in [-0.3, -0.25) is 0 Å². The van der Waals surface area contributed by atoms with E-state index in [0.717, 1.165) is 24.0 Å². The molecule has 2 aromatic heterocycles. The number of alkyl halides is 6. The normalized spacial score (nSPS) is 19.4. The number of likely N-dealkylation sites (N-methyl/N-ethyl adjacent to an activating group) is 1. The van der Waals surface area contributed by atoms with Crippen molar-refractivity contribution in [2.75, 3.05) is 30.4 Å². The first-order chi connectivity index (χ1) is 16.4. The van der Waals surface area contributed by atoms with Crippen LogP contribution in [0.25, 0.3) is 11.0 Å². The van der Waals surface area contributed by atoms with Crippen molar-refractivity contribution in [3.05, 3.63) is 47.9 Å². The molecule has 0 radical (unpaired) electrons. The number of nitrogens with zero attached hydrogens (tertiary/aromatic N) is 4. The molecule has 0 unspecified atom stereocenters. The van der Waals surface area contributed by atoms with Gasteiger partial charge in [0.15, 0.2) is 5.11 Å². The molecule has 3 aromatic rings. The highest BCUT2D eigenvalue weighted by Crippen LogP contribution is 2.55. The fraction of sp³-hybridized carbons (Fsp3) is 0.409. The minimum atomic E-state index is -4.93. The summed E-state index contributed by atoms with van der Waals surface area (Å²) in [4.78, 5) is 15.5. The van der Waals surface area contributed by atoms with Crippen molar-refractivity contribution in [3.8, 4) is 0 Å². The monoisotopic (exact) mass is 514 g/mol. The Hall–Kier alpha value is -3.09. The van der Waals surface area contributed by atoms with Crippen LogP contribution in [0.5, 0.6) is 0 Å². The quantitative estimate of drug-likeness (QED) is 0.366. The lowest BCUT2D eigenvalue weighted by molar-refractivity contribution is -0.143. The van der Waals surface area contributed by atoms with Crippen molar-refractivity contribution in [2.45, 2.75) is 31.2 Å². The predicted octanol–water partition coefficient (Wildman–Crippen LogP) is 5.29. The minimum Gasteiger partial charge on any atom is -0.354 e. The van der Waals surface area contributed by atoms with Crippen molar-refractivity contribution in [3.63, 3.8) is 0 Å². The average molecular weight is 514 g/mol. The topological polar surface area (TPSA) is 60.1 Å². The summed E-state index contributed by atoms with van der Waals surface area (Å²) >= 11 is 5.42. The first-order valence-corrected chi connectivity index (χ1v) is 11.1. The van der Waals surface area contributed by atoms with E-state index in [-0.39, 0.29) is 28.3 Å². The highest BCUT2D eigenvalue weighted by atomic mass is 32.1. The molecule has 1 aromatic carbocycles. The van der Waals surface area contributed by atoms with Crippen LogP contribution >= 0.6 is 12.2 Å². The number of halogens is 6. The van der Waals surface area contributed by atoms with E-state index in [0.29, 0.717) is 30.9 Å². The lowest BCUT2D eigenvalue weighted by Gasteiger charge is -2.30. The van der Waals surface area contributed by atoms with Gasteiger partial charge in [-0.05, 0) is 49.3 Å². The van der Waals surface area contributed by atoms with E-state index >= 15 is 0 Å². The van der Waals surface area contributed by atoms with Crippen LogP contribution in [0, 0.1) is 5.41 Å². The van der Waals surface area contributed by atoms with E-state index in [9.17, 15) is 26.3 Å². The van der Waals surface area contributed by atoms with Gasteiger partial charge in [0.05, 0.1) is 22.6 Å². The predicted molar refractivity (Wildman–Crippen MR) is 122 cm³/mol. The number of hydrogen-bond acceptors (Lipinski definition) is 4. The molecule has 1 saturated carbocycles. The molecule has 2 N–H and O–H groups in total. The molecule has 35 heavy (non-hydrogen) atoms. The van der Waals surface area contributed by atoms with E-state index < -0.39 is 23.5 Å². The Labute approximate surface area is 201 Å². The standard InChI is InChI=1S/C22H20F6N6S/c1-33(18-15-2-5-29-17(15)30-11-31-18)16-9-34(10-20(16)3-4-20)19(35)32-14-7-12(21(23,24)25)6-13(8-14)22(26,27)28/h2,5-8,11,16H,3-4,9-10H2,1H3,(H,32,35)(H,29,30,31)/t16-/m0/s1. The van der Waals surface area contributed by atoms with Gasteiger partial charge >= 0.3 is 12.4 Å². The maximum atomic E-state index is 13.2. The third-order valence-electron chi connectivity index (χ3n) is 6.76. The molecule has 1 saturated heterocycles. The van der Waals surface area contributed by atoms with Gasteiger partial charge in [0.25, 0.3) is 0 Å². The zero-order valence-corrected chi connectivity index (χ0v) is 19.2. The lowest BCUT2D eigenvalue weighted by atomic mass is 9.99. The first-order valence-electron chi connectivity index (χ1n) is 10.7. The van der Waals surface area contributed by atoms with Crippen LogP contribution in [-0.2, 0) is 12.4 Å². The van der Waals surface area contributed by atoms with Gasteiger partial charge in [-0.15, -0.1) is 0 Å². The van der Waals surface area contributed by atoms with Crippen LogP contribution in [0.4, 0.5) is 37.8 Å². The summed E-state index contributed by atoms with van der Waals surface area (Å²) in [5.74, 6) is 0.737. The van der Waals surface area contributed by atoms with E-state index in [1.54, 1.807) is 11.1 Å². The SMILES string of the molecule is CN(c1ncnc2[nH]ccc12)[C@H]1CN(C(=S)Nc2cc(C(F)(F)F)cc(C(F)(F)F)c2)CC12CC2. The second kappa shape index (κ2) is 7.97. The summed E-state index contributed by atoms with van der Waals surface area (Å²) < 4.78 is 79.3. The summed E-state index contributed by atoms with van der Waals surface area (Å²) in [6.07, 6.45) is -4.75. The Bertz CT molecular complexity index is 1250. The molecule has 186 valence electrons. The summed E-state index contributed by atoms with van der Waals surface area (Å²) in [7, 11) is 1.92. The largest absolute Gasteiger partial charge is 0.416 e. The van der Waals surface area contributed by atoms with Crippen molar-refractivity contribution in [1.29, 1.82) is 0 Å². The van der Waals surface area contributed by atoms with E-state index in [1.165, 1.54) is 6.33 Å². The number of anilines is 2. The van der Waals surface area contributed by atoms with Crippen LogP contribution in [0.15, 0.2) is 36.8 Å². The van der Waals surface area contributed by atoms with Crippen LogP contribution < -0.4 is 10.2 Å². The van der Waals surface area contributed by atoms with E-state index in [1.807, 2.05) is 13.1 Å². The summed E-state index contributed by atoms with van der Waals surface area (Å²) in [6.45, 7) is 0.990. The number of aromatic nitrogens is 3. The number of likely N-dealkylation sites (tertiary alicyclic amines) is 1. The molecule has 5 rings (SSSR count). The number of benzene rings is 1. The van der Waals surface area contributed by atoms with Gasteiger partial charge < -0.3 is 20.1 Å². The smallest absolute Gasteiger partial charge is 0.354 e. The Morgan fingerprint density at radius 3 is 2.37 bits per heavy atom. The zero-order chi connectivity index (χ0) is 25.2. The summed E-state index contributed by atoms with van der Waals surface area (Å²) in [5, 5.41) is 3.54. The first kappa shape index (κ1) is 23.6. The molecule has 3 heterocycles. The molecule has 13 heteroatoms. The van der Waals surface area contributed by atoms with Crippen molar-refractivity contribution in [2.24, 2.45) is 5.41 Å². The van der Waals surface area contributed by atoms with Gasteiger partial charge in [-0.25, -0.2) is 9.97 Å². The summed E-state index contributed by atoms with van der Waals surface area (Å²) in [6, 6.07) is 3.25. The number of fused-ring (bicyclic) bond motifs is 1. The second-order valence-electron chi connectivity index (χ2n) is 9.03. The van der Waals surface area contributed by atoms with Gasteiger partial charge in [0.2, 0.25) is 0 Å². The van der Waals surface area contributed by atoms with Gasteiger partial charge in [-0.2, -0.15) is 26.3 Å². The molecule has 2 aliphatic rings. The molecule has 1 aliphatic carbocycles. The lowest BCUT2D eigenvalue weighted by Crippen LogP contribution is -2.40. The zero-order valence-electron chi connectivity index (χ0n) is 18.3. The minimum absolute atomic E-state index is 0.00231. The fourth-order valence-electron chi connectivity index (χ4n) is 4.81. The van der Waals surface area contributed by atoms with Crippen LogP contribution in [-0.4, -0.2) is 51.1 Å². The molecule has 2 fully saturated rings. The highest BCUT2D eigenvalue weighted by molar-refractivity contribution is 7.80. The number of H-pyrrole nitrogens is 1. The van der Waals surface area contributed by atoms with Crippen LogP contribution in [0.3, 0.4) is 0 Å². The third kappa shape index (κ3) is 4.37. The highest BCUT2D eigenvalue weighted by Gasteiger charge is 2.57. The van der Waals surface area contributed by atoms with Crippen molar-refractivity contribution in [1.82, 2.24) is 19.9 Å². The Morgan fingerprint density at radius 2 is 1.77 bits per heavy atom. The van der Waals surface area contributed by atoms with E-state index in [2.05, 4.69) is 25.2 Å². The molecule has 0 amide bonds. The van der Waals surface area contributed by atoms with Crippen molar-refractivity contribution < 1.29 is 26.3 Å². The third-order valence-corrected chi connectivity index (χ3v) is 7.12. The fourth-order valence-corrected chi connectivity index (χ4v) is 5.07. The molecule has 1 aliphatic heterocycles. The maximum Gasteiger partial charge on any atom is 0.416 e. The van der Waals surface area contributed by atoms with Crippen LogP contribution in [0.2, 0.25) is 0 Å². The maximum absolute atomic E-state index is 13.2. The number of nitrogens with one attached hydrogen (secondary N) is 2. The Balaban J connectivity index is 1.38. The van der Waals surface area contributed by atoms with Gasteiger partial charge in [0, 0.05) is 37.4 Å². The van der Waals surface area contributed by atoms with Crippen molar-refractivity contribution >= 4 is 39.9 Å². The molecular formula is C22H20F6N6S. The van der Waals surface area contributed by atoms with Crippen LogP contribution in [0.1, 0.15) is 24.0 Å². The average Bonchev–Trinajstić information content (AvgIpc) is 3.21. The molecule has 1 spiro atoms. The number of aromatic amines is 1. The molecular weight excluding hydrogens is 494 g/mol. The Kier molecular flexibility index (Phi) is 5.38. The van der Waals surface area contributed by atoms with E-state index in [4.69, 9.17) is 12.2 Å². The summed E-state index contributed by atoms with van der Waals surface area (Å²) in [5.41, 5.74) is -2.53. The number of thiocarbonyl (C=S) groups is 1. The van der Waals surface area contributed by atoms with Gasteiger partial charge in [-0.1, -0.05) is 0 Å².